The topological polar surface area (TPSA) is 12.5 Å². The monoisotopic (exact) mass is 763 g/mol. The van der Waals surface area contributed by atoms with Crippen LogP contribution in [0.1, 0.15) is 140 Å². The quantitative estimate of drug-likeness (QED) is 0.181. The summed E-state index contributed by atoms with van der Waals surface area (Å²) in [5.41, 5.74) is 16.0. The molecule has 2 nitrogen and oxygen atoms in total. The molecule has 5 aromatic rings. The second-order valence-electron chi connectivity index (χ2n) is 22.7. The molecule has 6 atom stereocenters. The summed E-state index contributed by atoms with van der Waals surface area (Å²) in [5, 5.41) is 0. The normalized spacial score (nSPS) is 31.4. The lowest BCUT2D eigenvalue weighted by atomic mass is 9.26. The fourth-order valence-electron chi connectivity index (χ4n) is 15.0. The van der Waals surface area contributed by atoms with Gasteiger partial charge in [-0.1, -0.05) is 128 Å². The van der Waals surface area contributed by atoms with E-state index in [1.807, 2.05) is 0 Å². The fourth-order valence-corrected chi connectivity index (χ4v) is 15.0. The summed E-state index contributed by atoms with van der Waals surface area (Å²) in [4.78, 5) is 2.65. The summed E-state index contributed by atoms with van der Waals surface area (Å²) in [6.45, 7) is 19.7. The summed E-state index contributed by atoms with van der Waals surface area (Å²) < 4.78 is 7.55. The first-order chi connectivity index (χ1) is 27.7. The van der Waals surface area contributed by atoms with E-state index in [0.717, 1.165) is 23.3 Å². The summed E-state index contributed by atoms with van der Waals surface area (Å²) in [5.74, 6) is 5.35. The molecule has 6 unspecified atom stereocenters. The van der Waals surface area contributed by atoms with Crippen LogP contribution >= 0.6 is 0 Å². The third-order valence-electron chi connectivity index (χ3n) is 18.1. The number of hydrogen-bond donors (Lipinski definition) is 0. The number of benzene rings is 5. The van der Waals surface area contributed by atoms with E-state index in [1.165, 1.54) is 113 Å². The van der Waals surface area contributed by atoms with Crippen LogP contribution in [0.25, 0.3) is 11.1 Å². The Labute approximate surface area is 347 Å². The number of fused-ring (bicyclic) bond motifs is 9. The van der Waals surface area contributed by atoms with E-state index in [-0.39, 0.29) is 27.1 Å². The van der Waals surface area contributed by atoms with Crippen molar-refractivity contribution in [1.29, 1.82) is 0 Å². The van der Waals surface area contributed by atoms with Gasteiger partial charge in [0, 0.05) is 33.5 Å². The van der Waals surface area contributed by atoms with Crippen molar-refractivity contribution in [2.45, 2.75) is 134 Å². The maximum atomic E-state index is 7.55. The molecule has 5 aromatic carbocycles. The number of hydrogen-bond acceptors (Lipinski definition) is 2. The van der Waals surface area contributed by atoms with Gasteiger partial charge in [-0.2, -0.15) is 0 Å². The van der Waals surface area contributed by atoms with Crippen molar-refractivity contribution in [3.8, 4) is 22.6 Å². The molecule has 58 heavy (non-hydrogen) atoms. The largest absolute Gasteiger partial charge is 0.454 e. The van der Waals surface area contributed by atoms with E-state index in [0.29, 0.717) is 17.3 Å². The van der Waals surface area contributed by atoms with Gasteiger partial charge in [0.2, 0.25) is 0 Å². The van der Waals surface area contributed by atoms with E-state index in [4.69, 9.17) is 4.74 Å². The van der Waals surface area contributed by atoms with Gasteiger partial charge in [0.1, 0.15) is 5.75 Å². The minimum atomic E-state index is -0.00474. The summed E-state index contributed by atoms with van der Waals surface area (Å²) >= 11 is 0. The lowest BCUT2D eigenvalue weighted by Crippen LogP contribution is -2.74. The fraction of sp³-hybridized carbons (Fsp3) is 0.464. The Bertz CT molecular complexity index is 2480. The molecule has 296 valence electrons. The molecule has 12 rings (SSSR count). The molecule has 0 radical (unpaired) electrons. The average molecular weight is 764 g/mol. The molecule has 1 heterocycles. The highest BCUT2D eigenvalue weighted by molar-refractivity contribution is 5.94. The van der Waals surface area contributed by atoms with Gasteiger partial charge >= 0.3 is 0 Å². The van der Waals surface area contributed by atoms with E-state index < -0.39 is 0 Å². The van der Waals surface area contributed by atoms with Gasteiger partial charge in [-0.15, -0.1) is 0 Å². The molecule has 6 aliphatic carbocycles. The maximum Gasteiger partial charge on any atom is 0.156 e. The van der Waals surface area contributed by atoms with Crippen molar-refractivity contribution in [3.05, 3.63) is 137 Å². The molecular weight excluding hydrogens is 703 g/mol. The van der Waals surface area contributed by atoms with Crippen molar-refractivity contribution in [2.24, 2.45) is 29.1 Å². The Morgan fingerprint density at radius 1 is 0.517 bits per heavy atom. The molecule has 2 heteroatoms. The van der Waals surface area contributed by atoms with E-state index in [2.05, 4.69) is 163 Å². The summed E-state index contributed by atoms with van der Waals surface area (Å²) in [6.07, 6.45) is 10.4. The third-order valence-corrected chi connectivity index (χ3v) is 18.1. The zero-order valence-corrected chi connectivity index (χ0v) is 36.1. The first-order valence-corrected chi connectivity index (χ1v) is 22.8. The van der Waals surface area contributed by atoms with Crippen LogP contribution in [0.15, 0.2) is 103 Å². The molecule has 1 aliphatic heterocycles. The van der Waals surface area contributed by atoms with Crippen molar-refractivity contribution >= 4 is 17.1 Å². The van der Waals surface area contributed by atoms with Gasteiger partial charge in [-0.05, 0) is 160 Å². The standard InChI is InChI=1S/C56H61NO/c1-51(2)24-26-53(5,6)44-31-37(18-21-40(44)51)57(38-19-22-41-45(32-38)54(7,8)27-25-52(41,3)4)49-39(35-14-10-9-11-15-35)20-23-43-50(49)58-46-17-13-12-16-42(46)56(43)47-29-34-28-36-30-48(56)55(36,47)33-34/h9-23,31-32,34,36,47-48H,24-30,33H2,1-8H3. The van der Waals surface area contributed by atoms with Crippen LogP contribution < -0.4 is 9.64 Å². The zero-order chi connectivity index (χ0) is 39.8. The molecule has 4 saturated carbocycles. The second-order valence-corrected chi connectivity index (χ2v) is 22.7. The molecular formula is C56H61NO. The van der Waals surface area contributed by atoms with Gasteiger partial charge in [-0.3, -0.25) is 0 Å². The number of para-hydroxylation sites is 1. The maximum absolute atomic E-state index is 7.55. The highest BCUT2D eigenvalue weighted by atomic mass is 16.5. The molecule has 4 fully saturated rings. The van der Waals surface area contributed by atoms with Crippen LogP contribution in [-0.2, 0) is 27.1 Å². The second kappa shape index (κ2) is 11.3. The Morgan fingerprint density at radius 2 is 1.07 bits per heavy atom. The smallest absolute Gasteiger partial charge is 0.156 e. The third kappa shape index (κ3) is 4.35. The Hall–Kier alpha value is -4.30. The minimum Gasteiger partial charge on any atom is -0.454 e. The highest BCUT2D eigenvalue weighted by Gasteiger charge is 2.84. The molecule has 2 spiro atoms. The predicted octanol–water partition coefficient (Wildman–Crippen LogP) is 15.0. The summed E-state index contributed by atoms with van der Waals surface area (Å²) in [7, 11) is 0. The van der Waals surface area contributed by atoms with Crippen LogP contribution in [0, 0.1) is 29.1 Å². The average Bonchev–Trinajstić information content (AvgIpc) is 3.74. The van der Waals surface area contributed by atoms with Crippen molar-refractivity contribution in [3.63, 3.8) is 0 Å². The predicted molar refractivity (Wildman–Crippen MR) is 239 cm³/mol. The molecule has 0 amide bonds. The van der Waals surface area contributed by atoms with E-state index in [9.17, 15) is 0 Å². The SMILES string of the molecule is CC1(C)CCC(C)(C)c2cc(N(c3ccc4c(c3)C(C)(C)CCC4(C)C)c3c(-c4ccccc4)ccc4c3Oc3ccccc3C43C4CC5CC6CC3C64C5)ccc21. The van der Waals surface area contributed by atoms with Crippen LogP contribution in [0.2, 0.25) is 0 Å². The lowest BCUT2D eigenvalue weighted by Gasteiger charge is -2.77. The number of rotatable bonds is 4. The van der Waals surface area contributed by atoms with Crippen molar-refractivity contribution in [2.75, 3.05) is 4.90 Å². The van der Waals surface area contributed by atoms with Gasteiger partial charge in [0.15, 0.2) is 5.75 Å². The Morgan fingerprint density at radius 3 is 1.69 bits per heavy atom. The molecule has 0 aromatic heterocycles. The van der Waals surface area contributed by atoms with Crippen LogP contribution in [0.4, 0.5) is 17.1 Å². The molecule has 2 bridgehead atoms. The Kier molecular flexibility index (Phi) is 6.93. The van der Waals surface area contributed by atoms with Gasteiger partial charge in [0.05, 0.1) is 5.69 Å². The van der Waals surface area contributed by atoms with Crippen LogP contribution in [0.3, 0.4) is 0 Å². The van der Waals surface area contributed by atoms with Crippen molar-refractivity contribution in [1.82, 2.24) is 0 Å². The first-order valence-electron chi connectivity index (χ1n) is 22.8. The van der Waals surface area contributed by atoms with E-state index in [1.54, 1.807) is 0 Å². The number of ether oxygens (including phenoxy) is 1. The van der Waals surface area contributed by atoms with Gasteiger partial charge < -0.3 is 9.64 Å². The molecule has 7 aliphatic rings. The summed E-state index contributed by atoms with van der Waals surface area (Å²) in [6, 6.07) is 40.4. The van der Waals surface area contributed by atoms with Gasteiger partial charge in [-0.25, -0.2) is 0 Å². The zero-order valence-electron chi connectivity index (χ0n) is 36.1. The molecule has 0 saturated heterocycles. The van der Waals surface area contributed by atoms with Gasteiger partial charge in [0.25, 0.3) is 0 Å². The highest BCUT2D eigenvalue weighted by Crippen LogP contribution is 2.89. The molecule has 0 N–H and O–H groups in total. The Balaban J connectivity index is 1.17. The first kappa shape index (κ1) is 35.6. The minimum absolute atomic E-state index is 0.00474. The van der Waals surface area contributed by atoms with Crippen LogP contribution in [-0.4, -0.2) is 0 Å². The number of anilines is 3. The lowest BCUT2D eigenvalue weighted by molar-refractivity contribution is -0.235. The van der Waals surface area contributed by atoms with Crippen LogP contribution in [0.5, 0.6) is 11.5 Å². The van der Waals surface area contributed by atoms with Crippen molar-refractivity contribution < 1.29 is 4.74 Å². The van der Waals surface area contributed by atoms with E-state index >= 15 is 0 Å². The number of nitrogens with zero attached hydrogens (tertiary/aromatic N) is 1.